The van der Waals surface area contributed by atoms with Gasteiger partial charge < -0.3 is 10.4 Å². The smallest absolute Gasteiger partial charge is 0.271 e. The van der Waals surface area contributed by atoms with Gasteiger partial charge in [0.05, 0.1) is 20.5 Å². The number of nitrogens with one attached hydrogen (secondary N) is 1. The summed E-state index contributed by atoms with van der Waals surface area (Å²) in [6.07, 6.45) is 0. The van der Waals surface area contributed by atoms with E-state index in [9.17, 15) is 20.0 Å². The van der Waals surface area contributed by atoms with Crippen LogP contribution < -0.4 is 5.32 Å². The van der Waals surface area contributed by atoms with Gasteiger partial charge in [-0.05, 0) is 12.1 Å². The fraction of sp³-hybridized carbons (Fsp3) is 0. The van der Waals surface area contributed by atoms with Crippen LogP contribution in [-0.4, -0.2) is 15.9 Å². The van der Waals surface area contributed by atoms with E-state index < -0.39 is 10.8 Å². The third-order valence-electron chi connectivity index (χ3n) is 2.34. The van der Waals surface area contributed by atoms with E-state index in [0.29, 0.717) is 4.34 Å². The Labute approximate surface area is 126 Å². The van der Waals surface area contributed by atoms with Crippen molar-refractivity contribution in [2.45, 2.75) is 0 Å². The Morgan fingerprint density at radius 2 is 2.05 bits per heavy atom. The highest BCUT2D eigenvalue weighted by Gasteiger charge is 2.17. The van der Waals surface area contributed by atoms with Crippen LogP contribution in [0.1, 0.15) is 10.4 Å². The third kappa shape index (κ3) is 3.01. The number of carbonyl (C=O) groups excluding carboxylic acids is 1. The summed E-state index contributed by atoms with van der Waals surface area (Å²) >= 11 is 12.6. The van der Waals surface area contributed by atoms with Gasteiger partial charge in [-0.2, -0.15) is 0 Å². The lowest BCUT2D eigenvalue weighted by Gasteiger charge is -2.06. The predicted octanol–water partition coefficient (Wildman–Crippen LogP) is 3.92. The number of benzene rings is 1. The molecule has 9 heteroatoms. The summed E-state index contributed by atoms with van der Waals surface area (Å²) in [4.78, 5) is 22.0. The Morgan fingerprint density at radius 1 is 1.35 bits per heavy atom. The van der Waals surface area contributed by atoms with E-state index >= 15 is 0 Å². The summed E-state index contributed by atoms with van der Waals surface area (Å²) in [6.45, 7) is 0. The maximum atomic E-state index is 12.0. The first-order chi connectivity index (χ1) is 9.38. The van der Waals surface area contributed by atoms with Crippen molar-refractivity contribution in [2.24, 2.45) is 0 Å². The van der Waals surface area contributed by atoms with Crippen molar-refractivity contribution in [3.63, 3.8) is 0 Å². The molecule has 0 saturated carbocycles. The standard InChI is InChI=1S/C11H6Cl2N2O4S/c12-9-4-6(10(13)20-9)11(17)14-7-3-5(15(18)19)1-2-8(7)16/h1-4,16H,(H,14,17). The average molecular weight is 333 g/mol. The van der Waals surface area contributed by atoms with Gasteiger partial charge in [-0.15, -0.1) is 11.3 Å². The number of nitrogens with zero attached hydrogens (tertiary/aromatic N) is 1. The number of carbonyl (C=O) groups is 1. The SMILES string of the molecule is O=C(Nc1cc([N+](=O)[O-])ccc1O)c1cc(Cl)sc1Cl. The van der Waals surface area contributed by atoms with Crippen molar-refractivity contribution >= 4 is 51.8 Å². The Balaban J connectivity index is 2.30. The molecule has 1 heterocycles. The van der Waals surface area contributed by atoms with Crippen molar-refractivity contribution in [2.75, 3.05) is 5.32 Å². The molecule has 0 aliphatic heterocycles. The number of phenols is 1. The van der Waals surface area contributed by atoms with Crippen LogP contribution in [0.3, 0.4) is 0 Å². The van der Waals surface area contributed by atoms with E-state index in [-0.39, 0.29) is 27.0 Å². The zero-order valence-electron chi connectivity index (χ0n) is 9.59. The molecule has 0 unspecified atom stereocenters. The first-order valence-corrected chi connectivity index (χ1v) is 6.69. The molecule has 0 atom stereocenters. The summed E-state index contributed by atoms with van der Waals surface area (Å²) in [5, 5.41) is 22.6. The first-order valence-electron chi connectivity index (χ1n) is 5.12. The molecule has 2 rings (SSSR count). The van der Waals surface area contributed by atoms with Gasteiger partial charge >= 0.3 is 0 Å². The average Bonchev–Trinajstić information content (AvgIpc) is 2.71. The number of aromatic hydroxyl groups is 1. The Hall–Kier alpha value is -1.83. The number of phenolic OH excluding ortho intramolecular Hbond substituents is 1. The van der Waals surface area contributed by atoms with Crippen LogP contribution in [0.2, 0.25) is 8.67 Å². The Bertz CT molecular complexity index is 702. The molecule has 0 bridgehead atoms. The van der Waals surface area contributed by atoms with Crippen LogP contribution in [0.15, 0.2) is 24.3 Å². The number of rotatable bonds is 3. The molecule has 0 aliphatic carbocycles. The zero-order valence-corrected chi connectivity index (χ0v) is 11.9. The van der Waals surface area contributed by atoms with Crippen molar-refractivity contribution < 1.29 is 14.8 Å². The normalized spacial score (nSPS) is 10.3. The molecule has 20 heavy (non-hydrogen) atoms. The highest BCUT2D eigenvalue weighted by Crippen LogP contribution is 2.33. The van der Waals surface area contributed by atoms with Gasteiger partial charge in [-0.3, -0.25) is 14.9 Å². The highest BCUT2D eigenvalue weighted by atomic mass is 35.5. The van der Waals surface area contributed by atoms with E-state index in [1.165, 1.54) is 6.07 Å². The van der Waals surface area contributed by atoms with Gasteiger partial charge in [0.25, 0.3) is 11.6 Å². The van der Waals surface area contributed by atoms with Crippen molar-refractivity contribution in [3.05, 3.63) is 48.6 Å². The second-order valence-corrected chi connectivity index (χ2v) is 5.94. The monoisotopic (exact) mass is 332 g/mol. The van der Waals surface area contributed by atoms with Gasteiger partial charge in [0.15, 0.2) is 0 Å². The third-order valence-corrected chi connectivity index (χ3v) is 3.83. The van der Waals surface area contributed by atoms with Gasteiger partial charge in [0.1, 0.15) is 10.1 Å². The summed E-state index contributed by atoms with van der Waals surface area (Å²) in [7, 11) is 0. The predicted molar refractivity (Wildman–Crippen MR) is 77.1 cm³/mol. The second-order valence-electron chi connectivity index (χ2n) is 3.65. The maximum absolute atomic E-state index is 12.0. The Kier molecular flexibility index (Phi) is 4.12. The van der Waals surface area contributed by atoms with E-state index in [0.717, 1.165) is 29.5 Å². The number of halogens is 2. The number of hydrogen-bond acceptors (Lipinski definition) is 5. The lowest BCUT2D eigenvalue weighted by molar-refractivity contribution is -0.384. The molecule has 1 amide bonds. The van der Waals surface area contributed by atoms with Crippen molar-refractivity contribution in [1.82, 2.24) is 0 Å². The van der Waals surface area contributed by atoms with E-state index in [1.807, 2.05) is 0 Å². The first kappa shape index (κ1) is 14.6. The maximum Gasteiger partial charge on any atom is 0.271 e. The van der Waals surface area contributed by atoms with Gasteiger partial charge in [0, 0.05) is 12.1 Å². The van der Waals surface area contributed by atoms with E-state index in [1.54, 1.807) is 0 Å². The molecule has 2 N–H and O–H groups in total. The van der Waals surface area contributed by atoms with Crippen LogP contribution in [-0.2, 0) is 0 Å². The summed E-state index contributed by atoms with van der Waals surface area (Å²) in [5.74, 6) is -0.907. The van der Waals surface area contributed by atoms with Crippen LogP contribution in [0.5, 0.6) is 5.75 Å². The van der Waals surface area contributed by atoms with Gasteiger partial charge in [-0.25, -0.2) is 0 Å². The quantitative estimate of drug-likeness (QED) is 0.506. The molecule has 6 nitrogen and oxygen atoms in total. The van der Waals surface area contributed by atoms with Gasteiger partial charge in [-0.1, -0.05) is 23.2 Å². The minimum atomic E-state index is -0.635. The van der Waals surface area contributed by atoms with Crippen molar-refractivity contribution in [3.8, 4) is 5.75 Å². The lowest BCUT2D eigenvalue weighted by Crippen LogP contribution is -2.11. The number of hydrogen-bond donors (Lipinski definition) is 2. The highest BCUT2D eigenvalue weighted by molar-refractivity contribution is 7.20. The molecule has 0 saturated heterocycles. The second kappa shape index (κ2) is 5.66. The molecule has 104 valence electrons. The molecule has 0 radical (unpaired) electrons. The minimum absolute atomic E-state index is 0.0809. The number of amides is 1. The number of non-ortho nitro benzene ring substituents is 1. The van der Waals surface area contributed by atoms with Crippen LogP contribution in [0.25, 0.3) is 0 Å². The number of anilines is 1. The number of thiophene rings is 1. The molecule has 1 aromatic carbocycles. The van der Waals surface area contributed by atoms with Crippen LogP contribution in [0.4, 0.5) is 11.4 Å². The fourth-order valence-corrected chi connectivity index (χ4v) is 2.88. The number of nitro groups is 1. The summed E-state index contributed by atoms with van der Waals surface area (Å²) in [5.41, 5.74) is -0.206. The summed E-state index contributed by atoms with van der Waals surface area (Å²) in [6, 6.07) is 4.67. The lowest BCUT2D eigenvalue weighted by atomic mass is 10.2. The molecular formula is C11H6Cl2N2O4S. The van der Waals surface area contributed by atoms with Crippen LogP contribution in [0, 0.1) is 10.1 Å². The summed E-state index contributed by atoms with van der Waals surface area (Å²) < 4.78 is 0.529. The fourth-order valence-electron chi connectivity index (χ4n) is 1.42. The largest absolute Gasteiger partial charge is 0.506 e. The topological polar surface area (TPSA) is 92.5 Å². The molecule has 0 fully saturated rings. The molecule has 0 spiro atoms. The van der Waals surface area contributed by atoms with E-state index in [4.69, 9.17) is 23.2 Å². The zero-order chi connectivity index (χ0) is 14.9. The minimum Gasteiger partial charge on any atom is -0.506 e. The van der Waals surface area contributed by atoms with E-state index in [2.05, 4.69) is 5.32 Å². The molecular weight excluding hydrogens is 327 g/mol. The number of nitro benzene ring substituents is 1. The molecule has 1 aromatic heterocycles. The molecule has 0 aliphatic rings. The Morgan fingerprint density at radius 3 is 2.60 bits per heavy atom. The van der Waals surface area contributed by atoms with Gasteiger partial charge in [0.2, 0.25) is 0 Å². The van der Waals surface area contributed by atoms with Crippen LogP contribution >= 0.6 is 34.5 Å². The molecule has 2 aromatic rings. The van der Waals surface area contributed by atoms with Crippen molar-refractivity contribution in [1.29, 1.82) is 0 Å².